The fraction of sp³-hybridized carbons (Fsp3) is 0.118. The number of fused-ring (bicyclic) bond motifs is 1. The summed E-state index contributed by atoms with van der Waals surface area (Å²) in [5, 5.41) is 11.3. The lowest BCUT2D eigenvalue weighted by atomic mass is 10.3. The lowest BCUT2D eigenvalue weighted by Gasteiger charge is -2.07. The number of ether oxygens (including phenoxy) is 1. The van der Waals surface area contributed by atoms with Gasteiger partial charge in [-0.1, -0.05) is 6.07 Å². The smallest absolute Gasteiger partial charge is 0.262 e. The molecule has 0 spiro atoms. The Labute approximate surface area is 148 Å². The third-order valence-corrected chi connectivity index (χ3v) is 3.77. The van der Waals surface area contributed by atoms with Crippen molar-refractivity contribution in [2.45, 2.75) is 6.92 Å². The molecule has 1 amide bonds. The molecule has 0 aromatic carbocycles. The number of nitrogens with one attached hydrogen (secondary N) is 1. The Kier molecular flexibility index (Phi) is 3.81. The number of rotatable bonds is 4. The summed E-state index contributed by atoms with van der Waals surface area (Å²) in [4.78, 5) is 21.3. The maximum atomic E-state index is 12.7. The number of methoxy groups -OCH3 is 1. The van der Waals surface area contributed by atoms with Crippen LogP contribution in [-0.4, -0.2) is 42.4 Å². The molecule has 4 rings (SSSR count). The third kappa shape index (κ3) is 2.75. The summed E-state index contributed by atoms with van der Waals surface area (Å²) in [7, 11) is 1.51. The number of pyridine rings is 1. The van der Waals surface area contributed by atoms with Crippen LogP contribution in [0.15, 0.2) is 49.1 Å². The third-order valence-electron chi connectivity index (χ3n) is 3.77. The fourth-order valence-corrected chi connectivity index (χ4v) is 2.48. The monoisotopic (exact) mass is 349 g/mol. The second-order valence-corrected chi connectivity index (χ2v) is 5.58. The highest BCUT2D eigenvalue weighted by molar-refractivity contribution is 6.07. The van der Waals surface area contributed by atoms with Gasteiger partial charge in [0.15, 0.2) is 11.5 Å². The van der Waals surface area contributed by atoms with Gasteiger partial charge in [-0.25, -0.2) is 14.5 Å². The van der Waals surface area contributed by atoms with E-state index in [1.165, 1.54) is 22.5 Å². The summed E-state index contributed by atoms with van der Waals surface area (Å²) in [6, 6.07) is 7.09. The predicted molar refractivity (Wildman–Crippen MR) is 93.6 cm³/mol. The number of anilines is 1. The molecular formula is C17H15N7O2. The number of amides is 1. The standard InChI is InChI=1S/C17H15N7O2/c1-11-4-5-13(19-9-11)24-14(8-15(22-24)26-2)21-17(25)12-10-20-23-7-3-6-18-16(12)23/h3-10H,1-2H3,(H,21,25). The van der Waals surface area contributed by atoms with Crippen molar-refractivity contribution in [1.82, 2.24) is 29.4 Å². The quantitative estimate of drug-likeness (QED) is 0.604. The molecule has 4 aromatic rings. The van der Waals surface area contributed by atoms with Crippen molar-refractivity contribution in [2.75, 3.05) is 12.4 Å². The molecule has 0 radical (unpaired) electrons. The average Bonchev–Trinajstić information content (AvgIpc) is 3.26. The highest BCUT2D eigenvalue weighted by Crippen LogP contribution is 2.21. The predicted octanol–water partition coefficient (Wildman–Crippen LogP) is 1.88. The maximum absolute atomic E-state index is 12.7. The number of aryl methyl sites for hydroxylation is 1. The number of carbonyl (C=O) groups excluding carboxylic acids is 1. The fourth-order valence-electron chi connectivity index (χ4n) is 2.48. The molecule has 4 aromatic heterocycles. The van der Waals surface area contributed by atoms with Crippen LogP contribution in [-0.2, 0) is 0 Å². The number of carbonyl (C=O) groups is 1. The molecular weight excluding hydrogens is 334 g/mol. The molecule has 1 N–H and O–H groups in total. The van der Waals surface area contributed by atoms with Gasteiger partial charge in [0, 0.05) is 24.7 Å². The van der Waals surface area contributed by atoms with Crippen LogP contribution in [0.2, 0.25) is 0 Å². The minimum Gasteiger partial charge on any atom is -0.480 e. The molecule has 0 aliphatic rings. The van der Waals surface area contributed by atoms with Gasteiger partial charge in [-0.3, -0.25) is 4.79 Å². The van der Waals surface area contributed by atoms with Crippen molar-refractivity contribution in [3.63, 3.8) is 0 Å². The largest absolute Gasteiger partial charge is 0.480 e. The van der Waals surface area contributed by atoms with Gasteiger partial charge in [0.2, 0.25) is 5.88 Å². The zero-order chi connectivity index (χ0) is 18.1. The summed E-state index contributed by atoms with van der Waals surface area (Å²) in [5.74, 6) is 1.00. The molecule has 0 fully saturated rings. The molecule has 9 nitrogen and oxygen atoms in total. The first-order valence-corrected chi connectivity index (χ1v) is 7.82. The number of aromatic nitrogens is 6. The number of hydrogen-bond acceptors (Lipinski definition) is 6. The van der Waals surface area contributed by atoms with Crippen molar-refractivity contribution in [3.05, 3.63) is 60.2 Å². The van der Waals surface area contributed by atoms with E-state index in [0.717, 1.165) is 5.56 Å². The SMILES string of the molecule is COc1cc(NC(=O)c2cnn3cccnc23)n(-c2ccc(C)cn2)n1. The van der Waals surface area contributed by atoms with Gasteiger partial charge in [-0.05, 0) is 24.6 Å². The van der Waals surface area contributed by atoms with Gasteiger partial charge >= 0.3 is 0 Å². The van der Waals surface area contributed by atoms with E-state index in [9.17, 15) is 4.79 Å². The van der Waals surface area contributed by atoms with Crippen LogP contribution in [0, 0.1) is 6.92 Å². The summed E-state index contributed by atoms with van der Waals surface area (Å²) in [5.41, 5.74) is 1.85. The minimum atomic E-state index is -0.352. The Hall–Kier alpha value is -3.75. The second kappa shape index (κ2) is 6.28. The highest BCUT2D eigenvalue weighted by Gasteiger charge is 2.18. The van der Waals surface area contributed by atoms with E-state index < -0.39 is 0 Å². The van der Waals surface area contributed by atoms with E-state index in [-0.39, 0.29) is 5.91 Å². The molecule has 9 heteroatoms. The maximum Gasteiger partial charge on any atom is 0.262 e. The first-order valence-electron chi connectivity index (χ1n) is 7.82. The molecule has 0 saturated carbocycles. The molecule has 130 valence electrons. The van der Waals surface area contributed by atoms with E-state index in [2.05, 4.69) is 25.5 Å². The molecule has 0 aliphatic carbocycles. The summed E-state index contributed by atoms with van der Waals surface area (Å²) in [6.45, 7) is 1.95. The molecule has 0 saturated heterocycles. The lowest BCUT2D eigenvalue weighted by molar-refractivity contribution is 0.102. The Bertz CT molecular complexity index is 1080. The Morgan fingerprint density at radius 1 is 1.23 bits per heavy atom. The van der Waals surface area contributed by atoms with Gasteiger partial charge in [-0.15, -0.1) is 5.10 Å². The first-order chi connectivity index (χ1) is 12.7. The second-order valence-electron chi connectivity index (χ2n) is 5.58. The molecule has 4 heterocycles. The van der Waals surface area contributed by atoms with E-state index in [0.29, 0.717) is 28.7 Å². The van der Waals surface area contributed by atoms with Crippen LogP contribution in [0.3, 0.4) is 0 Å². The lowest BCUT2D eigenvalue weighted by Crippen LogP contribution is -2.15. The summed E-state index contributed by atoms with van der Waals surface area (Å²) >= 11 is 0. The highest BCUT2D eigenvalue weighted by atomic mass is 16.5. The van der Waals surface area contributed by atoms with Crippen molar-refractivity contribution >= 4 is 17.4 Å². The molecule has 0 bridgehead atoms. The number of hydrogen-bond donors (Lipinski definition) is 1. The van der Waals surface area contributed by atoms with Gasteiger partial charge in [0.1, 0.15) is 11.4 Å². The molecule has 26 heavy (non-hydrogen) atoms. The van der Waals surface area contributed by atoms with Crippen LogP contribution in [0.4, 0.5) is 5.82 Å². The van der Waals surface area contributed by atoms with Crippen LogP contribution < -0.4 is 10.1 Å². The van der Waals surface area contributed by atoms with E-state index in [1.807, 2.05) is 19.1 Å². The average molecular weight is 349 g/mol. The van der Waals surface area contributed by atoms with E-state index in [4.69, 9.17) is 4.74 Å². The van der Waals surface area contributed by atoms with Crippen LogP contribution in [0.5, 0.6) is 5.88 Å². The van der Waals surface area contributed by atoms with Crippen LogP contribution in [0.25, 0.3) is 11.5 Å². The zero-order valence-corrected chi connectivity index (χ0v) is 14.1. The Morgan fingerprint density at radius 2 is 2.12 bits per heavy atom. The van der Waals surface area contributed by atoms with E-state index in [1.54, 1.807) is 30.7 Å². The Balaban J connectivity index is 1.70. The van der Waals surface area contributed by atoms with Crippen LogP contribution in [0.1, 0.15) is 15.9 Å². The van der Waals surface area contributed by atoms with Crippen molar-refractivity contribution < 1.29 is 9.53 Å². The normalized spacial score (nSPS) is 10.8. The van der Waals surface area contributed by atoms with Gasteiger partial charge < -0.3 is 10.1 Å². The Morgan fingerprint density at radius 3 is 2.88 bits per heavy atom. The molecule has 0 atom stereocenters. The van der Waals surface area contributed by atoms with Crippen LogP contribution >= 0.6 is 0 Å². The zero-order valence-electron chi connectivity index (χ0n) is 14.1. The first kappa shape index (κ1) is 15.8. The van der Waals surface area contributed by atoms with Crippen molar-refractivity contribution in [1.29, 1.82) is 0 Å². The topological polar surface area (TPSA) is 99.2 Å². The van der Waals surface area contributed by atoms with Gasteiger partial charge in [0.05, 0.1) is 13.3 Å². The summed E-state index contributed by atoms with van der Waals surface area (Å²) < 4.78 is 8.23. The number of nitrogens with zero attached hydrogens (tertiary/aromatic N) is 6. The molecule has 0 unspecified atom stereocenters. The minimum absolute atomic E-state index is 0.352. The van der Waals surface area contributed by atoms with Crippen molar-refractivity contribution in [2.24, 2.45) is 0 Å². The molecule has 0 aliphatic heterocycles. The summed E-state index contributed by atoms with van der Waals surface area (Å²) in [6.07, 6.45) is 6.53. The van der Waals surface area contributed by atoms with Crippen molar-refractivity contribution in [3.8, 4) is 11.7 Å². The van der Waals surface area contributed by atoms with Gasteiger partial charge in [0.25, 0.3) is 5.91 Å². The van der Waals surface area contributed by atoms with E-state index >= 15 is 0 Å². The van der Waals surface area contributed by atoms with Gasteiger partial charge in [-0.2, -0.15) is 9.78 Å².